The smallest absolute Gasteiger partial charge is 0.414 e. The van der Waals surface area contributed by atoms with E-state index in [9.17, 15) is 9.59 Å². The molecule has 0 bridgehead atoms. The maximum atomic E-state index is 11.9. The maximum Gasteiger partial charge on any atom is 0.414 e. The Kier molecular flexibility index (Phi) is 7.16. The Bertz CT molecular complexity index is 565. The van der Waals surface area contributed by atoms with Gasteiger partial charge < -0.3 is 19.3 Å². The summed E-state index contributed by atoms with van der Waals surface area (Å²) in [5.74, 6) is 0.379. The average molecular weight is 343 g/mol. The van der Waals surface area contributed by atoms with E-state index < -0.39 is 0 Å². The number of hydrogen-bond acceptors (Lipinski definition) is 5. The number of carbonyl (C=O) groups excluding carboxylic acids is 2. The number of carbonyl (C=O) groups is 2. The number of halogens is 1. The van der Waals surface area contributed by atoms with Crippen LogP contribution in [-0.4, -0.2) is 50.8 Å². The van der Waals surface area contributed by atoms with E-state index in [1.807, 2.05) is 25.1 Å². The van der Waals surface area contributed by atoms with Crippen molar-refractivity contribution in [1.29, 1.82) is 0 Å². The molecule has 0 N–H and O–H groups in total. The zero-order valence-corrected chi connectivity index (χ0v) is 14.5. The summed E-state index contributed by atoms with van der Waals surface area (Å²) >= 11 is 0. The van der Waals surface area contributed by atoms with Crippen LogP contribution in [0.4, 0.5) is 10.5 Å². The summed E-state index contributed by atoms with van der Waals surface area (Å²) in [6.07, 6.45) is 0.790. The minimum atomic E-state index is -0.357. The zero-order chi connectivity index (χ0) is 16.1. The molecule has 6 nitrogen and oxygen atoms in total. The second-order valence-electron chi connectivity index (χ2n) is 5.20. The van der Waals surface area contributed by atoms with Crippen LogP contribution in [0, 0.1) is 0 Å². The largest absolute Gasteiger partial charge is 0.469 e. The number of amides is 1. The average Bonchev–Trinajstić information content (AvgIpc) is 2.95. The molecule has 0 atom stereocenters. The van der Waals surface area contributed by atoms with Gasteiger partial charge in [-0.3, -0.25) is 4.79 Å². The Balaban J connectivity index is 0.00000264. The van der Waals surface area contributed by atoms with Gasteiger partial charge in [0.1, 0.15) is 5.75 Å². The Hall–Kier alpha value is -1.95. The van der Waals surface area contributed by atoms with Crippen molar-refractivity contribution < 1.29 is 19.1 Å². The van der Waals surface area contributed by atoms with Gasteiger partial charge in [0.2, 0.25) is 0 Å². The molecular weight excluding hydrogens is 320 g/mol. The Morgan fingerprint density at radius 3 is 2.74 bits per heavy atom. The monoisotopic (exact) mass is 342 g/mol. The number of nitrogens with zero attached hydrogens (tertiary/aromatic N) is 2. The van der Waals surface area contributed by atoms with E-state index in [-0.39, 0.29) is 24.5 Å². The Labute approximate surface area is 142 Å². The SMILES string of the molecule is CCN(C)C(=O)Oc1cccc2c1CCN2CCC(=O)OC.Cl. The third kappa shape index (κ3) is 4.51. The molecule has 1 aliphatic rings. The van der Waals surface area contributed by atoms with E-state index in [4.69, 9.17) is 4.74 Å². The van der Waals surface area contributed by atoms with Crippen molar-refractivity contribution in [3.63, 3.8) is 0 Å². The quantitative estimate of drug-likeness (QED) is 0.769. The van der Waals surface area contributed by atoms with Gasteiger partial charge in [0.15, 0.2) is 0 Å². The highest BCUT2D eigenvalue weighted by molar-refractivity contribution is 5.85. The molecule has 1 aliphatic heterocycles. The standard InChI is InChI=1S/C16H22N2O4.ClH/c1-4-17(2)16(20)22-14-7-5-6-13-12(14)8-10-18(13)11-9-15(19)21-3;/h5-7H,4,8-11H2,1-3H3;1H. The third-order valence-electron chi connectivity index (χ3n) is 3.88. The van der Waals surface area contributed by atoms with E-state index >= 15 is 0 Å². The van der Waals surface area contributed by atoms with Crippen molar-refractivity contribution in [3.05, 3.63) is 23.8 Å². The van der Waals surface area contributed by atoms with Gasteiger partial charge in [-0.2, -0.15) is 0 Å². The minimum absolute atomic E-state index is 0. The first-order valence-corrected chi connectivity index (χ1v) is 7.43. The van der Waals surface area contributed by atoms with E-state index in [1.54, 1.807) is 7.05 Å². The first-order chi connectivity index (χ1) is 10.6. The number of ether oxygens (including phenoxy) is 2. The van der Waals surface area contributed by atoms with Crippen LogP contribution in [0.1, 0.15) is 18.9 Å². The summed E-state index contributed by atoms with van der Waals surface area (Å²) in [5.41, 5.74) is 2.04. The summed E-state index contributed by atoms with van der Waals surface area (Å²) in [5, 5.41) is 0. The lowest BCUT2D eigenvalue weighted by molar-refractivity contribution is -0.140. The van der Waals surface area contributed by atoms with Crippen molar-refractivity contribution in [1.82, 2.24) is 4.90 Å². The number of benzene rings is 1. The van der Waals surface area contributed by atoms with E-state index in [0.29, 0.717) is 25.3 Å². The molecule has 1 amide bonds. The van der Waals surface area contributed by atoms with Gasteiger partial charge in [-0.1, -0.05) is 6.07 Å². The first kappa shape index (κ1) is 19.1. The van der Waals surface area contributed by atoms with Crippen molar-refractivity contribution >= 4 is 30.2 Å². The second kappa shape index (κ2) is 8.62. The molecule has 0 unspecified atom stereocenters. The highest BCUT2D eigenvalue weighted by Gasteiger charge is 2.24. The molecular formula is C16H23ClN2O4. The summed E-state index contributed by atoms with van der Waals surface area (Å²) in [7, 11) is 3.09. The van der Waals surface area contributed by atoms with Gasteiger partial charge in [0.25, 0.3) is 0 Å². The molecule has 1 heterocycles. The molecule has 0 spiro atoms. The Morgan fingerprint density at radius 1 is 1.35 bits per heavy atom. The van der Waals surface area contributed by atoms with Crippen LogP contribution in [0.25, 0.3) is 0 Å². The molecule has 128 valence electrons. The van der Waals surface area contributed by atoms with E-state index in [0.717, 1.165) is 24.2 Å². The third-order valence-corrected chi connectivity index (χ3v) is 3.88. The second-order valence-corrected chi connectivity index (χ2v) is 5.20. The van der Waals surface area contributed by atoms with E-state index in [1.165, 1.54) is 12.0 Å². The molecule has 23 heavy (non-hydrogen) atoms. The van der Waals surface area contributed by atoms with Crippen LogP contribution in [0.5, 0.6) is 5.75 Å². The number of esters is 1. The molecule has 0 saturated heterocycles. The van der Waals surface area contributed by atoms with Crippen LogP contribution < -0.4 is 9.64 Å². The topological polar surface area (TPSA) is 59.1 Å². The van der Waals surface area contributed by atoms with Crippen LogP contribution >= 0.6 is 12.4 Å². The lowest BCUT2D eigenvalue weighted by atomic mass is 10.1. The van der Waals surface area contributed by atoms with Gasteiger partial charge in [0.05, 0.1) is 13.5 Å². The van der Waals surface area contributed by atoms with Gasteiger partial charge >= 0.3 is 12.1 Å². The fraction of sp³-hybridized carbons (Fsp3) is 0.500. The van der Waals surface area contributed by atoms with Crippen molar-refractivity contribution in [2.24, 2.45) is 0 Å². The number of anilines is 1. The van der Waals surface area contributed by atoms with Gasteiger partial charge in [0, 0.05) is 37.9 Å². The maximum absolute atomic E-state index is 11.9. The molecule has 1 aromatic rings. The van der Waals surface area contributed by atoms with Crippen molar-refractivity contribution in [2.45, 2.75) is 19.8 Å². The number of fused-ring (bicyclic) bond motifs is 1. The summed E-state index contributed by atoms with van der Waals surface area (Å²) in [6.45, 7) is 3.90. The fourth-order valence-electron chi connectivity index (χ4n) is 2.43. The van der Waals surface area contributed by atoms with Gasteiger partial charge in [-0.15, -0.1) is 12.4 Å². The molecule has 7 heteroatoms. The normalized spacial score (nSPS) is 12.2. The lowest BCUT2D eigenvalue weighted by Crippen LogP contribution is -2.29. The number of rotatable bonds is 5. The zero-order valence-electron chi connectivity index (χ0n) is 13.7. The van der Waals surface area contributed by atoms with Crippen molar-refractivity contribution in [2.75, 3.05) is 38.7 Å². The van der Waals surface area contributed by atoms with Crippen LogP contribution in [0.2, 0.25) is 0 Å². The minimum Gasteiger partial charge on any atom is -0.469 e. The molecule has 0 aliphatic carbocycles. The summed E-state index contributed by atoms with van der Waals surface area (Å²) in [4.78, 5) is 26.8. The van der Waals surface area contributed by atoms with Crippen LogP contribution in [0.15, 0.2) is 18.2 Å². The van der Waals surface area contributed by atoms with Gasteiger partial charge in [-0.25, -0.2) is 4.79 Å². The first-order valence-electron chi connectivity index (χ1n) is 7.43. The summed E-state index contributed by atoms with van der Waals surface area (Å²) < 4.78 is 10.1. The van der Waals surface area contributed by atoms with Gasteiger partial charge in [-0.05, 0) is 25.5 Å². The predicted molar refractivity (Wildman–Crippen MR) is 90.6 cm³/mol. The molecule has 0 saturated carbocycles. The molecule has 1 aromatic carbocycles. The summed E-state index contributed by atoms with van der Waals surface area (Å²) in [6, 6.07) is 5.66. The predicted octanol–water partition coefficient (Wildman–Crippen LogP) is 2.48. The molecule has 0 fully saturated rings. The molecule has 2 rings (SSSR count). The number of hydrogen-bond donors (Lipinski definition) is 0. The molecule has 0 radical (unpaired) electrons. The fourth-order valence-corrected chi connectivity index (χ4v) is 2.43. The molecule has 0 aromatic heterocycles. The highest BCUT2D eigenvalue weighted by Crippen LogP contribution is 2.35. The number of methoxy groups -OCH3 is 1. The van der Waals surface area contributed by atoms with Crippen molar-refractivity contribution in [3.8, 4) is 5.75 Å². The Morgan fingerprint density at radius 2 is 2.09 bits per heavy atom. The lowest BCUT2D eigenvalue weighted by Gasteiger charge is -2.19. The van der Waals surface area contributed by atoms with Crippen LogP contribution in [0.3, 0.4) is 0 Å². The van der Waals surface area contributed by atoms with Crippen LogP contribution in [-0.2, 0) is 16.0 Å². The van der Waals surface area contributed by atoms with E-state index in [2.05, 4.69) is 9.64 Å². The highest BCUT2D eigenvalue weighted by atomic mass is 35.5.